The van der Waals surface area contributed by atoms with Gasteiger partial charge in [-0.05, 0) is 55.8 Å². The minimum Gasteiger partial charge on any atom is -0.213 e. The molecule has 2 aliphatic rings. The van der Waals surface area contributed by atoms with Crippen LogP contribution in [0.15, 0.2) is 12.2 Å². The van der Waals surface area contributed by atoms with Crippen LogP contribution in [0.5, 0.6) is 0 Å². The minimum absolute atomic E-state index is 0.130. The molecule has 0 radical (unpaired) electrons. The van der Waals surface area contributed by atoms with E-state index >= 15 is 0 Å². The Morgan fingerprint density at radius 1 is 0.826 bits per heavy atom. The van der Waals surface area contributed by atoms with Gasteiger partial charge >= 0.3 is 0 Å². The molecule has 2 rings (SSSR count). The summed E-state index contributed by atoms with van der Waals surface area (Å²) in [6.07, 6.45) is 17.9. The molecule has 0 atom stereocenters. The summed E-state index contributed by atoms with van der Waals surface area (Å²) >= 11 is 0. The van der Waals surface area contributed by atoms with E-state index in [1.165, 1.54) is 77.0 Å². The van der Waals surface area contributed by atoms with E-state index in [1.54, 1.807) is 0 Å². The Labute approximate surface area is 142 Å². The smallest absolute Gasteiger partial charge is 0.128 e. The van der Waals surface area contributed by atoms with Crippen LogP contribution in [0.3, 0.4) is 0 Å². The van der Waals surface area contributed by atoms with Gasteiger partial charge in [-0.2, -0.15) is 0 Å². The van der Waals surface area contributed by atoms with E-state index in [0.717, 1.165) is 24.2 Å². The van der Waals surface area contributed by atoms with Crippen molar-refractivity contribution in [2.75, 3.05) is 0 Å². The van der Waals surface area contributed by atoms with Crippen molar-refractivity contribution in [2.45, 2.75) is 96.8 Å². The quantitative estimate of drug-likeness (QED) is 0.400. The molecule has 0 bridgehead atoms. The molecule has 0 amide bonds. The molecule has 23 heavy (non-hydrogen) atoms. The van der Waals surface area contributed by atoms with Crippen molar-refractivity contribution in [3.63, 3.8) is 0 Å². The van der Waals surface area contributed by atoms with Gasteiger partial charge < -0.3 is 0 Å². The van der Waals surface area contributed by atoms with Gasteiger partial charge in [-0.15, -0.1) is 0 Å². The van der Waals surface area contributed by atoms with Crippen LogP contribution in [0, 0.1) is 23.7 Å². The summed E-state index contributed by atoms with van der Waals surface area (Å²) in [6, 6.07) is 0. The maximum Gasteiger partial charge on any atom is 0.128 e. The van der Waals surface area contributed by atoms with Crippen LogP contribution in [-0.4, -0.2) is 0 Å². The third kappa shape index (κ3) is 6.55. The van der Waals surface area contributed by atoms with Gasteiger partial charge in [-0.1, -0.05) is 58.3 Å². The SMILES string of the molecule is CCCCCC1CCC(C2CCC(CC/C(F)=C\F)CC2)CC1. The standard InChI is InChI=1S/C21H36F2/c1-2-3-4-5-17-6-11-19(12-7-17)20-13-8-18(9-14-20)10-15-21(23)16-22/h16-20H,2-15H2,1H3/b21-16+. The van der Waals surface area contributed by atoms with Crippen molar-refractivity contribution in [3.8, 4) is 0 Å². The molecule has 2 fully saturated rings. The third-order valence-corrected chi connectivity index (χ3v) is 6.58. The molecule has 0 aromatic heterocycles. The first-order valence-corrected chi connectivity index (χ1v) is 10.2. The normalized spacial score (nSPS) is 32.9. The predicted octanol–water partition coefficient (Wildman–Crippen LogP) is 7.74. The minimum atomic E-state index is -0.575. The summed E-state index contributed by atoms with van der Waals surface area (Å²) in [4.78, 5) is 0. The fourth-order valence-electron chi connectivity index (χ4n) is 4.98. The summed E-state index contributed by atoms with van der Waals surface area (Å²) in [5.41, 5.74) is 0. The van der Waals surface area contributed by atoms with Crippen LogP contribution in [0.2, 0.25) is 0 Å². The molecule has 0 heterocycles. The zero-order chi connectivity index (χ0) is 16.5. The Balaban J connectivity index is 1.61. The van der Waals surface area contributed by atoms with Gasteiger partial charge in [-0.3, -0.25) is 0 Å². The molecule has 134 valence electrons. The second-order valence-corrected chi connectivity index (χ2v) is 8.15. The summed E-state index contributed by atoms with van der Waals surface area (Å²) < 4.78 is 24.9. The first-order valence-electron chi connectivity index (χ1n) is 10.2. The second kappa shape index (κ2) is 10.5. The highest BCUT2D eigenvalue weighted by atomic mass is 19.2. The Morgan fingerprint density at radius 2 is 1.35 bits per heavy atom. The number of rotatable bonds is 8. The van der Waals surface area contributed by atoms with Crippen LogP contribution in [0.4, 0.5) is 8.78 Å². The lowest BCUT2D eigenvalue weighted by atomic mass is 9.68. The second-order valence-electron chi connectivity index (χ2n) is 8.15. The average Bonchev–Trinajstić information content (AvgIpc) is 2.61. The molecule has 0 aromatic rings. The van der Waals surface area contributed by atoms with E-state index in [9.17, 15) is 8.78 Å². The molecule has 0 N–H and O–H groups in total. The monoisotopic (exact) mass is 326 g/mol. The molecule has 2 aliphatic carbocycles. The largest absolute Gasteiger partial charge is 0.213 e. The van der Waals surface area contributed by atoms with Crippen LogP contribution in [0.1, 0.15) is 96.8 Å². The fourth-order valence-corrected chi connectivity index (χ4v) is 4.98. The summed E-state index contributed by atoms with van der Waals surface area (Å²) in [5.74, 6) is 2.94. The molecule has 0 aromatic carbocycles. The Hall–Kier alpha value is -0.400. The topological polar surface area (TPSA) is 0 Å². The van der Waals surface area contributed by atoms with Crippen molar-refractivity contribution < 1.29 is 8.78 Å². The van der Waals surface area contributed by atoms with Gasteiger partial charge in [0.05, 0.1) is 0 Å². The lowest BCUT2D eigenvalue weighted by Gasteiger charge is -2.38. The molecule has 0 nitrogen and oxygen atoms in total. The van der Waals surface area contributed by atoms with E-state index in [-0.39, 0.29) is 6.33 Å². The highest BCUT2D eigenvalue weighted by Crippen LogP contribution is 2.43. The highest BCUT2D eigenvalue weighted by Gasteiger charge is 2.30. The lowest BCUT2D eigenvalue weighted by molar-refractivity contribution is 0.140. The van der Waals surface area contributed by atoms with Crippen molar-refractivity contribution in [2.24, 2.45) is 23.7 Å². The lowest BCUT2D eigenvalue weighted by Crippen LogP contribution is -2.25. The van der Waals surface area contributed by atoms with Gasteiger partial charge in [0.15, 0.2) is 0 Å². The Morgan fingerprint density at radius 3 is 1.83 bits per heavy atom. The third-order valence-electron chi connectivity index (χ3n) is 6.58. The summed E-state index contributed by atoms with van der Waals surface area (Å²) in [7, 11) is 0. The van der Waals surface area contributed by atoms with Crippen LogP contribution >= 0.6 is 0 Å². The molecule has 0 aliphatic heterocycles. The zero-order valence-corrected chi connectivity index (χ0v) is 15.0. The van der Waals surface area contributed by atoms with Gasteiger partial charge in [-0.25, -0.2) is 8.78 Å². The molecule has 0 saturated heterocycles. The number of unbranched alkanes of at least 4 members (excludes halogenated alkanes) is 2. The van der Waals surface area contributed by atoms with E-state index in [1.807, 2.05) is 0 Å². The Bertz CT molecular complexity index is 334. The predicted molar refractivity (Wildman–Crippen MR) is 94.6 cm³/mol. The van der Waals surface area contributed by atoms with Crippen molar-refractivity contribution >= 4 is 0 Å². The van der Waals surface area contributed by atoms with Gasteiger partial charge in [0.25, 0.3) is 0 Å². The summed E-state index contributed by atoms with van der Waals surface area (Å²) in [5, 5.41) is 0. The van der Waals surface area contributed by atoms with Gasteiger partial charge in [0, 0.05) is 6.42 Å². The van der Waals surface area contributed by atoms with Crippen molar-refractivity contribution in [1.82, 2.24) is 0 Å². The van der Waals surface area contributed by atoms with Crippen LogP contribution in [-0.2, 0) is 0 Å². The van der Waals surface area contributed by atoms with E-state index in [4.69, 9.17) is 0 Å². The number of allylic oxidation sites excluding steroid dienone is 1. The number of halogens is 2. The zero-order valence-electron chi connectivity index (χ0n) is 15.0. The first-order chi connectivity index (χ1) is 11.2. The molecule has 0 unspecified atom stereocenters. The van der Waals surface area contributed by atoms with Gasteiger partial charge in [0.2, 0.25) is 0 Å². The molecule has 2 saturated carbocycles. The molecular formula is C21H36F2. The van der Waals surface area contributed by atoms with Crippen molar-refractivity contribution in [1.29, 1.82) is 0 Å². The average molecular weight is 327 g/mol. The van der Waals surface area contributed by atoms with Gasteiger partial charge in [0.1, 0.15) is 12.2 Å². The molecule has 2 heteroatoms. The summed E-state index contributed by atoms with van der Waals surface area (Å²) in [6.45, 7) is 2.29. The van der Waals surface area contributed by atoms with Crippen LogP contribution < -0.4 is 0 Å². The number of hydrogen-bond acceptors (Lipinski definition) is 0. The maximum atomic E-state index is 12.9. The molecular weight excluding hydrogens is 290 g/mol. The number of hydrogen-bond donors (Lipinski definition) is 0. The van der Waals surface area contributed by atoms with Crippen LogP contribution in [0.25, 0.3) is 0 Å². The van der Waals surface area contributed by atoms with E-state index in [0.29, 0.717) is 12.3 Å². The van der Waals surface area contributed by atoms with Crippen molar-refractivity contribution in [3.05, 3.63) is 12.2 Å². The highest BCUT2D eigenvalue weighted by molar-refractivity contribution is 4.87. The maximum absolute atomic E-state index is 12.9. The first kappa shape index (κ1) is 18.9. The van der Waals surface area contributed by atoms with E-state index < -0.39 is 5.83 Å². The fraction of sp³-hybridized carbons (Fsp3) is 0.905. The molecule has 0 spiro atoms. The van der Waals surface area contributed by atoms with E-state index in [2.05, 4.69) is 6.92 Å². The Kier molecular flexibility index (Phi) is 8.61.